The van der Waals surface area contributed by atoms with Gasteiger partial charge in [-0.15, -0.1) is 0 Å². The molecule has 27 heavy (non-hydrogen) atoms. The number of rotatable bonds is 4. The number of nitrogens with zero attached hydrogens (tertiary/aromatic N) is 2. The van der Waals surface area contributed by atoms with Crippen LogP contribution in [0.1, 0.15) is 15.9 Å². The normalized spacial score (nSPS) is 14.3. The van der Waals surface area contributed by atoms with Crippen molar-refractivity contribution in [2.24, 2.45) is 7.05 Å². The summed E-state index contributed by atoms with van der Waals surface area (Å²) in [6.07, 6.45) is 4.49. The Morgan fingerprint density at radius 2 is 1.85 bits per heavy atom. The highest BCUT2D eigenvalue weighted by atomic mass is 16.5. The maximum Gasteiger partial charge on any atom is 0.274 e. The minimum Gasteiger partial charge on any atom is -0.378 e. The molecular weight excluding hydrogens is 346 g/mol. The molecule has 0 spiro atoms. The van der Waals surface area contributed by atoms with Crippen molar-refractivity contribution < 1.29 is 14.3 Å². The van der Waals surface area contributed by atoms with Crippen molar-refractivity contribution >= 4 is 23.6 Å². The summed E-state index contributed by atoms with van der Waals surface area (Å²) in [7, 11) is 1.55. The molecule has 1 aromatic heterocycles. The Labute approximate surface area is 156 Å². The Hall–Kier alpha value is -3.19. The van der Waals surface area contributed by atoms with E-state index in [1.807, 2.05) is 30.3 Å². The maximum absolute atomic E-state index is 12.6. The van der Waals surface area contributed by atoms with Crippen LogP contribution in [0.15, 0.2) is 53.5 Å². The van der Waals surface area contributed by atoms with E-state index in [2.05, 4.69) is 5.32 Å². The number of hydrogen-bond donors (Lipinski definition) is 1. The molecule has 3 rings (SSSR count). The number of hydrogen-bond acceptors (Lipinski definition) is 4. The molecule has 1 aromatic carbocycles. The topological polar surface area (TPSA) is 80.6 Å². The van der Waals surface area contributed by atoms with Crippen LogP contribution >= 0.6 is 0 Å². The van der Waals surface area contributed by atoms with E-state index in [0.29, 0.717) is 31.9 Å². The predicted molar refractivity (Wildman–Crippen MR) is 103 cm³/mol. The first-order chi connectivity index (χ1) is 13.0. The van der Waals surface area contributed by atoms with Crippen LogP contribution in [0.3, 0.4) is 0 Å². The maximum atomic E-state index is 12.6. The molecule has 0 radical (unpaired) electrons. The Bertz CT molecular complexity index is 913. The Kier molecular flexibility index (Phi) is 5.83. The third kappa shape index (κ3) is 4.71. The fourth-order valence-electron chi connectivity index (χ4n) is 2.78. The molecule has 2 aromatic rings. The third-order valence-electron chi connectivity index (χ3n) is 4.21. The molecule has 1 saturated heterocycles. The first-order valence-corrected chi connectivity index (χ1v) is 8.66. The standard InChI is InChI=1S/C20H21N3O4/c1-22-14-16(19(25)23-9-11-27-12-10-23)13-17(20(22)26)21-18(24)8-7-15-5-3-2-4-6-15/h2-8,13-14H,9-12H2,1H3,(H,21,24)/b8-7-. The second-order valence-electron chi connectivity index (χ2n) is 6.20. The number of amides is 2. The van der Waals surface area contributed by atoms with Gasteiger partial charge in [0.1, 0.15) is 5.69 Å². The molecule has 0 bridgehead atoms. The summed E-state index contributed by atoms with van der Waals surface area (Å²) in [5.74, 6) is -0.629. The van der Waals surface area contributed by atoms with E-state index in [-0.39, 0.29) is 17.2 Å². The predicted octanol–water partition coefficient (Wildman–Crippen LogP) is 1.51. The smallest absolute Gasteiger partial charge is 0.274 e. The van der Waals surface area contributed by atoms with Gasteiger partial charge in [-0.2, -0.15) is 0 Å². The van der Waals surface area contributed by atoms with Gasteiger partial charge in [-0.05, 0) is 17.7 Å². The summed E-state index contributed by atoms with van der Waals surface area (Å²) in [5, 5.41) is 2.56. The zero-order valence-corrected chi connectivity index (χ0v) is 15.1. The molecule has 140 valence electrons. The van der Waals surface area contributed by atoms with E-state index in [1.165, 1.54) is 22.9 Å². The number of anilines is 1. The summed E-state index contributed by atoms with van der Waals surface area (Å²) >= 11 is 0. The first-order valence-electron chi connectivity index (χ1n) is 8.66. The van der Waals surface area contributed by atoms with Crippen molar-refractivity contribution in [2.75, 3.05) is 31.6 Å². The van der Waals surface area contributed by atoms with Gasteiger partial charge >= 0.3 is 0 Å². The molecule has 7 heteroatoms. The molecule has 2 heterocycles. The lowest BCUT2D eigenvalue weighted by molar-refractivity contribution is -0.111. The highest BCUT2D eigenvalue weighted by Gasteiger charge is 2.20. The van der Waals surface area contributed by atoms with Gasteiger partial charge in [0.15, 0.2) is 0 Å². The van der Waals surface area contributed by atoms with E-state index in [4.69, 9.17) is 4.74 Å². The van der Waals surface area contributed by atoms with Gasteiger partial charge in [-0.1, -0.05) is 30.3 Å². The number of aryl methyl sites for hydroxylation is 1. The van der Waals surface area contributed by atoms with Gasteiger partial charge in [0.25, 0.3) is 11.5 Å². The fraction of sp³-hybridized carbons (Fsp3) is 0.250. The van der Waals surface area contributed by atoms with Gasteiger partial charge < -0.3 is 19.5 Å². The molecule has 1 N–H and O–H groups in total. The number of aromatic nitrogens is 1. The average molecular weight is 367 g/mol. The van der Waals surface area contributed by atoms with Crippen molar-refractivity contribution in [1.29, 1.82) is 0 Å². The number of carbonyl (C=O) groups excluding carboxylic acids is 2. The molecule has 2 amide bonds. The number of benzene rings is 1. The van der Waals surface area contributed by atoms with Crippen LogP contribution in [0.4, 0.5) is 5.69 Å². The molecule has 1 aliphatic rings. The van der Waals surface area contributed by atoms with Crippen LogP contribution in [0, 0.1) is 0 Å². The molecule has 0 atom stereocenters. The second-order valence-corrected chi connectivity index (χ2v) is 6.20. The summed E-state index contributed by atoms with van der Waals surface area (Å²) in [4.78, 5) is 38.8. The number of pyridine rings is 1. The van der Waals surface area contributed by atoms with Gasteiger partial charge in [0.05, 0.1) is 18.8 Å². The summed E-state index contributed by atoms with van der Waals surface area (Å²) in [6.45, 7) is 1.99. The third-order valence-corrected chi connectivity index (χ3v) is 4.21. The highest BCUT2D eigenvalue weighted by Crippen LogP contribution is 2.11. The lowest BCUT2D eigenvalue weighted by atomic mass is 10.2. The monoisotopic (exact) mass is 367 g/mol. The number of morpholine rings is 1. The van der Waals surface area contributed by atoms with Crippen LogP contribution < -0.4 is 10.9 Å². The summed E-state index contributed by atoms with van der Waals surface area (Å²) < 4.78 is 6.55. The van der Waals surface area contributed by atoms with Crippen molar-refractivity contribution in [1.82, 2.24) is 9.47 Å². The molecule has 0 aliphatic carbocycles. The Morgan fingerprint density at radius 1 is 1.15 bits per heavy atom. The Morgan fingerprint density at radius 3 is 2.56 bits per heavy atom. The van der Waals surface area contributed by atoms with Crippen LogP contribution in [0.25, 0.3) is 6.08 Å². The molecule has 0 saturated carbocycles. The van der Waals surface area contributed by atoms with Gasteiger partial charge in [0.2, 0.25) is 5.91 Å². The second kappa shape index (κ2) is 8.46. The molecule has 1 fully saturated rings. The van der Waals surface area contributed by atoms with Gasteiger partial charge in [-0.3, -0.25) is 14.4 Å². The zero-order chi connectivity index (χ0) is 19.2. The van der Waals surface area contributed by atoms with Crippen molar-refractivity contribution in [3.05, 3.63) is 70.2 Å². The van der Waals surface area contributed by atoms with E-state index in [1.54, 1.807) is 18.0 Å². The minimum absolute atomic E-state index is 0.0688. The summed E-state index contributed by atoms with van der Waals surface area (Å²) in [6, 6.07) is 10.8. The minimum atomic E-state index is -0.438. The average Bonchev–Trinajstić information content (AvgIpc) is 2.70. The van der Waals surface area contributed by atoms with Crippen LogP contribution in [0.2, 0.25) is 0 Å². The van der Waals surface area contributed by atoms with Gasteiger partial charge in [0, 0.05) is 32.4 Å². The van der Waals surface area contributed by atoms with Crippen LogP contribution in [-0.2, 0) is 16.6 Å². The number of ether oxygens (including phenoxy) is 1. The van der Waals surface area contributed by atoms with E-state index >= 15 is 0 Å². The molecule has 0 unspecified atom stereocenters. The van der Waals surface area contributed by atoms with E-state index in [9.17, 15) is 14.4 Å². The molecular formula is C20H21N3O4. The lowest BCUT2D eigenvalue weighted by Crippen LogP contribution is -2.41. The fourth-order valence-corrected chi connectivity index (χ4v) is 2.78. The highest BCUT2D eigenvalue weighted by molar-refractivity contribution is 6.03. The van der Waals surface area contributed by atoms with Gasteiger partial charge in [-0.25, -0.2) is 0 Å². The lowest BCUT2D eigenvalue weighted by Gasteiger charge is -2.27. The van der Waals surface area contributed by atoms with Crippen LogP contribution in [0.5, 0.6) is 0 Å². The largest absolute Gasteiger partial charge is 0.378 e. The molecule has 7 nitrogen and oxygen atoms in total. The van der Waals surface area contributed by atoms with Crippen molar-refractivity contribution in [2.45, 2.75) is 0 Å². The SMILES string of the molecule is Cn1cc(C(=O)N2CCOCC2)cc(NC(=O)/C=C\c2ccccc2)c1=O. The van der Waals surface area contributed by atoms with E-state index < -0.39 is 5.91 Å². The molecule has 1 aliphatic heterocycles. The first kappa shape index (κ1) is 18.6. The number of carbonyl (C=O) groups is 2. The Balaban J connectivity index is 1.77. The summed E-state index contributed by atoms with van der Waals surface area (Å²) in [5.41, 5.74) is 0.910. The number of nitrogens with one attached hydrogen (secondary N) is 1. The van der Waals surface area contributed by atoms with Crippen molar-refractivity contribution in [3.8, 4) is 0 Å². The quantitative estimate of drug-likeness (QED) is 0.831. The van der Waals surface area contributed by atoms with Crippen LogP contribution in [-0.4, -0.2) is 47.6 Å². The van der Waals surface area contributed by atoms with Crippen molar-refractivity contribution in [3.63, 3.8) is 0 Å². The van der Waals surface area contributed by atoms with E-state index in [0.717, 1.165) is 5.56 Å². The zero-order valence-electron chi connectivity index (χ0n) is 15.1.